The van der Waals surface area contributed by atoms with E-state index in [0.717, 1.165) is 16.1 Å². The van der Waals surface area contributed by atoms with Gasteiger partial charge in [-0.3, -0.25) is 14.7 Å². The molecule has 8 heteroatoms. The number of H-pyrrole nitrogens is 2. The number of aliphatic hydroxyl groups is 1. The Morgan fingerprint density at radius 3 is 2.43 bits per heavy atom. The highest BCUT2D eigenvalue weighted by molar-refractivity contribution is 5.75. The Morgan fingerprint density at radius 1 is 1.17 bits per heavy atom. The van der Waals surface area contributed by atoms with E-state index in [1.54, 1.807) is 26.8 Å². The molecule has 0 atom stereocenters. The van der Waals surface area contributed by atoms with Crippen LogP contribution in [0.15, 0.2) is 15.7 Å². The lowest BCUT2D eigenvalue weighted by Gasteiger charge is -2.03. The van der Waals surface area contributed by atoms with Crippen LogP contribution in [0.3, 0.4) is 0 Å². The number of nitrogens with zero attached hydrogens (tertiary/aromatic N) is 3. The van der Waals surface area contributed by atoms with Crippen LogP contribution >= 0.6 is 0 Å². The number of aliphatic hydroxyl groups excluding tert-OH is 1. The maximum absolute atomic E-state index is 12.6. The highest BCUT2D eigenvalue weighted by atomic mass is 16.3. The molecule has 0 bridgehead atoms. The second-order valence-electron chi connectivity index (χ2n) is 5.48. The number of aromatic nitrogens is 5. The molecular formula is C15H17N5O3. The second-order valence-corrected chi connectivity index (χ2v) is 5.48. The van der Waals surface area contributed by atoms with Crippen LogP contribution in [-0.4, -0.2) is 36.4 Å². The van der Waals surface area contributed by atoms with Gasteiger partial charge in [0.2, 0.25) is 0 Å². The van der Waals surface area contributed by atoms with Crippen molar-refractivity contribution in [2.24, 2.45) is 0 Å². The molecule has 0 aromatic carbocycles. The zero-order valence-electron chi connectivity index (χ0n) is 13.1. The van der Waals surface area contributed by atoms with Crippen molar-refractivity contribution >= 4 is 11.0 Å². The fourth-order valence-electron chi connectivity index (χ4n) is 2.68. The fraction of sp³-hybridized carbons (Fsp3) is 0.333. The lowest BCUT2D eigenvalue weighted by Crippen LogP contribution is -2.23. The van der Waals surface area contributed by atoms with Gasteiger partial charge in [0, 0.05) is 35.7 Å². The number of aromatic amines is 2. The number of aryl methyl sites for hydroxylation is 3. The Balaban J connectivity index is 2.33. The summed E-state index contributed by atoms with van der Waals surface area (Å²) in [6.45, 7) is 5.18. The topological polar surface area (TPSA) is 117 Å². The average molecular weight is 315 g/mol. The SMILES string of the molecule is Cc1cc(C)nc(-n2[nH]c3[nH]c(C)c(CCO)c(=O)c3c2=O)n1. The van der Waals surface area contributed by atoms with Crippen LogP contribution in [0.25, 0.3) is 17.0 Å². The van der Waals surface area contributed by atoms with Crippen molar-refractivity contribution in [2.45, 2.75) is 27.2 Å². The van der Waals surface area contributed by atoms with Crippen molar-refractivity contribution in [1.29, 1.82) is 0 Å². The number of fused-ring (bicyclic) bond motifs is 1. The molecule has 3 N–H and O–H groups in total. The van der Waals surface area contributed by atoms with Gasteiger partial charge in [-0.05, 0) is 26.8 Å². The number of hydrogen-bond donors (Lipinski definition) is 3. The van der Waals surface area contributed by atoms with Crippen LogP contribution in [-0.2, 0) is 6.42 Å². The molecule has 0 saturated carbocycles. The summed E-state index contributed by atoms with van der Waals surface area (Å²) in [5.74, 6) is 0.192. The summed E-state index contributed by atoms with van der Waals surface area (Å²) >= 11 is 0. The Hall–Kier alpha value is -2.74. The maximum Gasteiger partial charge on any atom is 0.287 e. The number of pyridine rings is 1. The second kappa shape index (κ2) is 5.47. The first-order valence-corrected chi connectivity index (χ1v) is 7.22. The molecule has 3 rings (SSSR count). The monoisotopic (exact) mass is 315 g/mol. The van der Waals surface area contributed by atoms with Crippen LogP contribution < -0.4 is 11.0 Å². The van der Waals surface area contributed by atoms with Crippen LogP contribution in [0, 0.1) is 20.8 Å². The molecule has 0 unspecified atom stereocenters. The third kappa shape index (κ3) is 2.46. The number of rotatable bonds is 3. The van der Waals surface area contributed by atoms with Crippen molar-refractivity contribution in [3.8, 4) is 5.95 Å². The van der Waals surface area contributed by atoms with E-state index in [1.807, 2.05) is 0 Å². The lowest BCUT2D eigenvalue weighted by atomic mass is 10.1. The van der Waals surface area contributed by atoms with Gasteiger partial charge in [-0.25, -0.2) is 9.97 Å². The third-order valence-corrected chi connectivity index (χ3v) is 3.69. The smallest absolute Gasteiger partial charge is 0.287 e. The predicted octanol–water partition coefficient (Wildman–Crippen LogP) is 0.257. The van der Waals surface area contributed by atoms with Gasteiger partial charge in [-0.15, -0.1) is 0 Å². The molecule has 120 valence electrons. The van der Waals surface area contributed by atoms with E-state index < -0.39 is 5.56 Å². The van der Waals surface area contributed by atoms with Gasteiger partial charge in [0.15, 0.2) is 5.43 Å². The minimum Gasteiger partial charge on any atom is -0.396 e. The first kappa shape index (κ1) is 15.2. The molecule has 0 saturated heterocycles. The molecule has 0 fully saturated rings. The van der Waals surface area contributed by atoms with Gasteiger partial charge in [-0.2, -0.15) is 4.68 Å². The summed E-state index contributed by atoms with van der Waals surface area (Å²) in [6, 6.07) is 1.80. The normalized spacial score (nSPS) is 11.3. The van der Waals surface area contributed by atoms with Gasteiger partial charge in [0.1, 0.15) is 11.0 Å². The fourth-order valence-corrected chi connectivity index (χ4v) is 2.68. The van der Waals surface area contributed by atoms with E-state index in [1.165, 1.54) is 0 Å². The van der Waals surface area contributed by atoms with E-state index in [2.05, 4.69) is 20.1 Å². The molecule has 0 aliphatic carbocycles. The molecule has 3 heterocycles. The lowest BCUT2D eigenvalue weighted by molar-refractivity contribution is 0.299. The van der Waals surface area contributed by atoms with Crippen molar-refractivity contribution in [3.63, 3.8) is 0 Å². The number of nitrogens with one attached hydrogen (secondary N) is 2. The Labute approximate surface area is 130 Å². The summed E-state index contributed by atoms with van der Waals surface area (Å²) < 4.78 is 1.16. The largest absolute Gasteiger partial charge is 0.396 e. The van der Waals surface area contributed by atoms with Crippen molar-refractivity contribution < 1.29 is 5.11 Å². The van der Waals surface area contributed by atoms with Crippen molar-refractivity contribution in [1.82, 2.24) is 24.7 Å². The zero-order valence-corrected chi connectivity index (χ0v) is 13.1. The molecule has 23 heavy (non-hydrogen) atoms. The molecule has 3 aromatic rings. The van der Waals surface area contributed by atoms with Gasteiger partial charge in [0.05, 0.1) is 0 Å². The Morgan fingerprint density at radius 2 is 1.83 bits per heavy atom. The van der Waals surface area contributed by atoms with E-state index in [0.29, 0.717) is 16.9 Å². The Bertz CT molecular complexity index is 992. The Kier molecular flexibility index (Phi) is 3.61. The zero-order chi connectivity index (χ0) is 16.7. The van der Waals surface area contributed by atoms with E-state index in [9.17, 15) is 9.59 Å². The van der Waals surface area contributed by atoms with E-state index in [-0.39, 0.29) is 29.8 Å². The molecule has 0 aliphatic rings. The van der Waals surface area contributed by atoms with Crippen LogP contribution in [0.2, 0.25) is 0 Å². The minimum absolute atomic E-state index is 0.0156. The van der Waals surface area contributed by atoms with Gasteiger partial charge in [0.25, 0.3) is 11.5 Å². The average Bonchev–Trinajstić information content (AvgIpc) is 2.79. The highest BCUT2D eigenvalue weighted by Gasteiger charge is 2.18. The summed E-state index contributed by atoms with van der Waals surface area (Å²) in [5.41, 5.74) is 1.90. The van der Waals surface area contributed by atoms with Crippen LogP contribution in [0.4, 0.5) is 0 Å². The standard InChI is InChI=1S/C15H17N5O3/c1-7-6-8(2)17-15(16-7)20-14(23)11-12(22)10(4-5-21)9(3)18-13(11)19-20/h6,21H,4-5H2,1-3H3,(H2,18,19,22). The van der Waals surface area contributed by atoms with Gasteiger partial charge < -0.3 is 10.1 Å². The van der Waals surface area contributed by atoms with Crippen LogP contribution in [0.1, 0.15) is 22.6 Å². The molecule has 0 spiro atoms. The summed E-state index contributed by atoms with van der Waals surface area (Å²) in [7, 11) is 0. The summed E-state index contributed by atoms with van der Waals surface area (Å²) in [6.07, 6.45) is 0.196. The molecule has 0 amide bonds. The summed E-state index contributed by atoms with van der Waals surface area (Å²) in [4.78, 5) is 36.6. The number of hydrogen-bond acceptors (Lipinski definition) is 5. The predicted molar refractivity (Wildman–Crippen MR) is 85.1 cm³/mol. The molecule has 3 aromatic heterocycles. The first-order valence-electron chi connectivity index (χ1n) is 7.22. The van der Waals surface area contributed by atoms with E-state index in [4.69, 9.17) is 5.11 Å². The van der Waals surface area contributed by atoms with Crippen LogP contribution in [0.5, 0.6) is 0 Å². The van der Waals surface area contributed by atoms with Crippen molar-refractivity contribution in [2.75, 3.05) is 6.61 Å². The highest BCUT2D eigenvalue weighted by Crippen LogP contribution is 2.09. The minimum atomic E-state index is -0.509. The van der Waals surface area contributed by atoms with Gasteiger partial charge >= 0.3 is 0 Å². The quantitative estimate of drug-likeness (QED) is 0.641. The third-order valence-electron chi connectivity index (χ3n) is 3.69. The first-order chi connectivity index (χ1) is 10.9. The molecule has 8 nitrogen and oxygen atoms in total. The van der Waals surface area contributed by atoms with Crippen molar-refractivity contribution in [3.05, 3.63) is 49.3 Å². The van der Waals surface area contributed by atoms with E-state index >= 15 is 0 Å². The molecular weight excluding hydrogens is 298 g/mol. The van der Waals surface area contributed by atoms with Gasteiger partial charge in [-0.1, -0.05) is 0 Å². The maximum atomic E-state index is 12.6. The molecule has 0 aliphatic heterocycles. The molecule has 0 radical (unpaired) electrons. The summed E-state index contributed by atoms with van der Waals surface area (Å²) in [5, 5.41) is 12.0.